The fourth-order valence-corrected chi connectivity index (χ4v) is 6.60. The topological polar surface area (TPSA) is 13.1 Å². The third kappa shape index (κ3) is 4.09. The molecule has 0 bridgehead atoms. The van der Waals surface area contributed by atoms with Crippen LogP contribution in [0.1, 0.15) is 9.60 Å². The maximum atomic E-state index is 9.44. The molecule has 1 heteroatoms. The van der Waals surface area contributed by atoms with E-state index in [-0.39, 0.29) is 36.3 Å². The van der Waals surface area contributed by atoms with Crippen LogP contribution in [0.5, 0.6) is 0 Å². The zero-order chi connectivity index (χ0) is 35.8. The van der Waals surface area contributed by atoms with E-state index in [1.165, 1.54) is 0 Å². The van der Waals surface area contributed by atoms with Crippen molar-refractivity contribution in [3.05, 3.63) is 170 Å². The number of furan rings is 1. The van der Waals surface area contributed by atoms with Crippen LogP contribution in [0.2, 0.25) is 0 Å². The lowest BCUT2D eigenvalue weighted by Crippen LogP contribution is -1.90. The number of fused-ring (bicyclic) bond motifs is 5. The Balaban J connectivity index is 1.30. The summed E-state index contributed by atoms with van der Waals surface area (Å²) < 4.78 is 67.7. The molecule has 1 nitrogen and oxygen atoms in total. The zero-order valence-electron chi connectivity index (χ0n) is 31.0. The minimum absolute atomic E-state index is 0.0242. The summed E-state index contributed by atoms with van der Waals surface area (Å²) in [5.41, 5.74) is 7.04. The lowest BCUT2D eigenvalue weighted by atomic mass is 9.85. The van der Waals surface area contributed by atoms with E-state index in [0.29, 0.717) is 61.0 Å². The summed E-state index contributed by atoms with van der Waals surface area (Å²) >= 11 is 0. The van der Waals surface area contributed by atoms with E-state index in [1.54, 1.807) is 48.5 Å². The first-order chi connectivity index (χ1) is 25.2. The molecule has 0 saturated heterocycles. The molecule has 0 unspecified atom stereocenters. The average Bonchev–Trinajstić information content (AvgIpc) is 3.53. The highest BCUT2D eigenvalue weighted by molar-refractivity contribution is 6.21. The maximum Gasteiger partial charge on any atom is 0.143 e. The van der Waals surface area contributed by atoms with Gasteiger partial charge in [-0.25, -0.2) is 0 Å². The van der Waals surface area contributed by atoms with Gasteiger partial charge in [0.2, 0.25) is 0 Å². The Labute approximate surface area is 271 Å². The van der Waals surface area contributed by atoms with Crippen LogP contribution in [0, 0.1) is 0 Å². The molecule has 0 aliphatic carbocycles. The van der Waals surface area contributed by atoms with Gasteiger partial charge in [0, 0.05) is 21.9 Å². The Morgan fingerprint density at radius 1 is 0.333 bits per heavy atom. The molecule has 0 N–H and O–H groups in total. The van der Waals surface area contributed by atoms with Gasteiger partial charge in [-0.05, 0) is 54.9 Å². The number of rotatable bonds is 4. The van der Waals surface area contributed by atoms with Gasteiger partial charge in [-0.1, -0.05) is 170 Å². The van der Waals surface area contributed by atoms with Crippen molar-refractivity contribution >= 4 is 43.5 Å². The van der Waals surface area contributed by atoms with Gasteiger partial charge in [-0.3, -0.25) is 0 Å². The van der Waals surface area contributed by atoms with Crippen LogP contribution >= 0.6 is 0 Å². The van der Waals surface area contributed by atoms with Gasteiger partial charge in [-0.2, -0.15) is 0 Å². The highest BCUT2D eigenvalue weighted by atomic mass is 16.3. The Hall–Kier alpha value is -5.92. The van der Waals surface area contributed by atoms with Crippen molar-refractivity contribution in [2.24, 2.45) is 0 Å². The van der Waals surface area contributed by atoms with Gasteiger partial charge in [0.25, 0.3) is 0 Å². The molecule has 0 fully saturated rings. The molecule has 1 aromatic heterocycles. The normalized spacial score (nSPS) is 13.7. The third-order valence-electron chi connectivity index (χ3n) is 8.61. The van der Waals surface area contributed by atoms with Crippen LogP contribution in [0.4, 0.5) is 0 Å². The quantitative estimate of drug-likeness (QED) is 0.189. The Morgan fingerprint density at radius 3 is 1.42 bits per heavy atom. The van der Waals surface area contributed by atoms with Crippen molar-refractivity contribution in [2.75, 3.05) is 0 Å². The second kappa shape index (κ2) is 10.4. The lowest BCUT2D eigenvalue weighted by molar-refractivity contribution is 0.671. The van der Waals surface area contributed by atoms with E-state index in [4.69, 9.17) is 11.3 Å². The van der Waals surface area contributed by atoms with Crippen LogP contribution in [0.25, 0.3) is 88.0 Å². The first-order valence-corrected chi connectivity index (χ1v) is 14.8. The van der Waals surface area contributed by atoms with E-state index < -0.39 is 0 Å². The van der Waals surface area contributed by atoms with Gasteiger partial charge >= 0.3 is 0 Å². The predicted octanol–water partition coefficient (Wildman–Crippen LogP) is 12.6. The second-order valence-electron chi connectivity index (χ2n) is 11.1. The molecule has 0 atom stereocenters. The third-order valence-corrected chi connectivity index (χ3v) is 8.61. The molecule has 0 amide bonds. The first-order valence-electron chi connectivity index (χ1n) is 18.3. The SMILES string of the molecule is [2H]c1ccc(-c2cccc3c2oc2c(-c4cc([2H])c(-c5c6cc([2H])c([2H])cc6c(-c6ccccc6)c6cc([2H])c([2H])cc56)cc4[2H])cccc23)cc1. The van der Waals surface area contributed by atoms with Gasteiger partial charge in [0.15, 0.2) is 0 Å². The summed E-state index contributed by atoms with van der Waals surface area (Å²) in [4.78, 5) is 0. The monoisotopic (exact) mass is 579 g/mol. The summed E-state index contributed by atoms with van der Waals surface area (Å²) in [5.74, 6) is 0. The van der Waals surface area contributed by atoms with Crippen LogP contribution in [-0.4, -0.2) is 0 Å². The van der Waals surface area contributed by atoms with Crippen LogP contribution in [0.15, 0.2) is 174 Å². The first kappa shape index (κ1) is 19.4. The van der Waals surface area contributed by atoms with Crippen molar-refractivity contribution < 1.29 is 14.0 Å². The standard InChI is InChI=1S/C44H28O/c1-3-13-29(14-4-1)33-21-11-23-39-40-24-12-22-34(44(40)45-43(33)39)30-25-27-32(28-26-30)42-37-19-9-7-17-35(37)41(31-15-5-2-6-16-31)36-18-8-10-20-38(36)42/h1-28H/i1D,7D,8D,9D,10D,25D,28D. The number of hydrogen-bond acceptors (Lipinski definition) is 1. The number of hydrogen-bond donors (Lipinski definition) is 0. The molecule has 0 aliphatic rings. The summed E-state index contributed by atoms with van der Waals surface area (Å²) in [6.45, 7) is 0. The van der Waals surface area contributed by atoms with Gasteiger partial charge < -0.3 is 4.42 Å². The Bertz CT molecular complexity index is 2840. The van der Waals surface area contributed by atoms with Crippen molar-refractivity contribution in [3.8, 4) is 44.5 Å². The lowest BCUT2D eigenvalue weighted by Gasteiger charge is -2.18. The second-order valence-corrected chi connectivity index (χ2v) is 11.1. The molecular weight excluding hydrogens is 544 g/mol. The smallest absolute Gasteiger partial charge is 0.143 e. The van der Waals surface area contributed by atoms with Gasteiger partial charge in [-0.15, -0.1) is 0 Å². The molecule has 0 aliphatic heterocycles. The molecule has 9 aromatic rings. The fourth-order valence-electron chi connectivity index (χ4n) is 6.60. The summed E-state index contributed by atoms with van der Waals surface area (Å²) in [6.07, 6.45) is 0. The molecule has 0 radical (unpaired) electrons. The molecule has 9 rings (SSSR count). The molecular formula is C44H28O. The highest BCUT2D eigenvalue weighted by Crippen LogP contribution is 2.44. The van der Waals surface area contributed by atoms with Crippen LogP contribution in [0.3, 0.4) is 0 Å². The minimum atomic E-state index is 0.0242. The van der Waals surface area contributed by atoms with Gasteiger partial charge in [0.1, 0.15) is 11.2 Å². The van der Waals surface area contributed by atoms with E-state index in [2.05, 4.69) is 0 Å². The van der Waals surface area contributed by atoms with E-state index in [1.807, 2.05) is 78.9 Å². The largest absolute Gasteiger partial charge is 0.455 e. The van der Waals surface area contributed by atoms with Gasteiger partial charge in [0.05, 0.1) is 9.60 Å². The van der Waals surface area contributed by atoms with Crippen molar-refractivity contribution in [2.45, 2.75) is 0 Å². The van der Waals surface area contributed by atoms with Crippen molar-refractivity contribution in [1.29, 1.82) is 0 Å². The van der Waals surface area contributed by atoms with Crippen LogP contribution in [-0.2, 0) is 0 Å². The predicted molar refractivity (Wildman–Crippen MR) is 190 cm³/mol. The fraction of sp³-hybridized carbons (Fsp3) is 0. The van der Waals surface area contributed by atoms with E-state index in [9.17, 15) is 2.74 Å². The average molecular weight is 580 g/mol. The molecule has 210 valence electrons. The van der Waals surface area contributed by atoms with Crippen LogP contribution < -0.4 is 0 Å². The summed E-state index contributed by atoms with van der Waals surface area (Å²) in [5, 5.41) is 4.48. The molecule has 45 heavy (non-hydrogen) atoms. The molecule has 1 heterocycles. The summed E-state index contributed by atoms with van der Waals surface area (Å²) in [6, 6.07) is 39.7. The Morgan fingerprint density at radius 2 is 0.822 bits per heavy atom. The van der Waals surface area contributed by atoms with E-state index >= 15 is 0 Å². The maximum absolute atomic E-state index is 9.44. The van der Waals surface area contributed by atoms with Crippen molar-refractivity contribution in [3.63, 3.8) is 0 Å². The highest BCUT2D eigenvalue weighted by Gasteiger charge is 2.18. The summed E-state index contributed by atoms with van der Waals surface area (Å²) in [7, 11) is 0. The zero-order valence-corrected chi connectivity index (χ0v) is 24.0. The van der Waals surface area contributed by atoms with E-state index in [0.717, 1.165) is 33.0 Å². The molecule has 0 saturated carbocycles. The Kier molecular flexibility index (Phi) is 4.46. The molecule has 8 aromatic carbocycles. The number of para-hydroxylation sites is 2. The van der Waals surface area contributed by atoms with Crippen molar-refractivity contribution in [1.82, 2.24) is 0 Å². The number of benzene rings is 8. The minimum Gasteiger partial charge on any atom is -0.455 e. The molecule has 0 spiro atoms.